The molecule has 0 aliphatic carbocycles. The van der Waals surface area contributed by atoms with Gasteiger partial charge in [0.15, 0.2) is 0 Å². The van der Waals surface area contributed by atoms with E-state index in [9.17, 15) is 18.0 Å². The van der Waals surface area contributed by atoms with E-state index in [-0.39, 0.29) is 31.2 Å². The summed E-state index contributed by atoms with van der Waals surface area (Å²) >= 11 is 0. The number of amides is 2. The second kappa shape index (κ2) is 9.05. The van der Waals surface area contributed by atoms with Gasteiger partial charge in [-0.15, -0.1) is 0 Å². The molecular weight excluding hydrogens is 337 g/mol. The van der Waals surface area contributed by atoms with Crippen molar-refractivity contribution in [3.63, 3.8) is 0 Å². The molecule has 1 aromatic rings. The molecule has 0 radical (unpaired) electrons. The predicted octanol–water partition coefficient (Wildman–Crippen LogP) is 2.65. The summed E-state index contributed by atoms with van der Waals surface area (Å²) in [6.07, 6.45) is -2.10. The van der Waals surface area contributed by atoms with Gasteiger partial charge < -0.3 is 20.5 Å². The van der Waals surface area contributed by atoms with E-state index in [0.29, 0.717) is 25.1 Å². The quantitative estimate of drug-likeness (QED) is 0.700. The minimum Gasteiger partial charge on any atom is -0.396 e. The van der Waals surface area contributed by atoms with Crippen LogP contribution in [0, 0.1) is 0 Å². The van der Waals surface area contributed by atoms with Crippen molar-refractivity contribution in [2.45, 2.75) is 37.5 Å². The predicted molar refractivity (Wildman–Crippen MR) is 86.3 cm³/mol. The molecule has 1 fully saturated rings. The lowest BCUT2D eigenvalue weighted by molar-refractivity contribution is -0.137. The van der Waals surface area contributed by atoms with Crippen LogP contribution in [0.1, 0.15) is 36.3 Å². The Labute approximate surface area is 144 Å². The van der Waals surface area contributed by atoms with Crippen LogP contribution in [0.3, 0.4) is 0 Å². The zero-order valence-electron chi connectivity index (χ0n) is 13.8. The Morgan fingerprint density at radius 3 is 2.56 bits per heavy atom. The maximum absolute atomic E-state index is 12.6. The van der Waals surface area contributed by atoms with Gasteiger partial charge in [-0.3, -0.25) is 0 Å². The van der Waals surface area contributed by atoms with E-state index in [1.165, 1.54) is 12.1 Å². The summed E-state index contributed by atoms with van der Waals surface area (Å²) in [5.74, 6) is -0.263. The average Bonchev–Trinajstić information content (AvgIpc) is 3.09. The van der Waals surface area contributed by atoms with Gasteiger partial charge in [0, 0.05) is 32.2 Å². The number of benzene rings is 1. The lowest BCUT2D eigenvalue weighted by atomic mass is 9.95. The largest absolute Gasteiger partial charge is 0.416 e. The first kappa shape index (κ1) is 19.5. The number of carbonyl (C=O) groups is 1. The van der Waals surface area contributed by atoms with Crippen LogP contribution in [0.4, 0.5) is 18.0 Å². The number of nitrogens with one attached hydrogen (secondary N) is 2. The summed E-state index contributed by atoms with van der Waals surface area (Å²) in [5.41, 5.74) is -0.0808. The fourth-order valence-electron chi connectivity index (χ4n) is 2.78. The number of aliphatic hydroxyl groups is 1. The minimum atomic E-state index is -4.38. The molecule has 25 heavy (non-hydrogen) atoms. The number of urea groups is 1. The summed E-state index contributed by atoms with van der Waals surface area (Å²) in [4.78, 5) is 11.8. The molecule has 1 aliphatic heterocycles. The van der Waals surface area contributed by atoms with Crippen molar-refractivity contribution < 1.29 is 27.8 Å². The van der Waals surface area contributed by atoms with Gasteiger partial charge in [0.05, 0.1) is 11.7 Å². The smallest absolute Gasteiger partial charge is 0.396 e. The maximum atomic E-state index is 12.6. The Kier molecular flexibility index (Phi) is 7.07. The monoisotopic (exact) mass is 360 g/mol. The number of hydrogen-bond donors (Lipinski definition) is 3. The zero-order valence-corrected chi connectivity index (χ0v) is 13.8. The van der Waals surface area contributed by atoms with Crippen molar-refractivity contribution in [2.75, 3.05) is 26.3 Å². The van der Waals surface area contributed by atoms with Crippen LogP contribution >= 0.6 is 0 Å². The second-order valence-corrected chi connectivity index (χ2v) is 6.05. The SMILES string of the molecule is O=C(NCC1CCCO1)NCC(CCO)c1ccc(C(F)(F)F)cc1. The van der Waals surface area contributed by atoms with Gasteiger partial charge in [-0.2, -0.15) is 13.2 Å². The van der Waals surface area contributed by atoms with Crippen LogP contribution in [-0.2, 0) is 10.9 Å². The zero-order chi connectivity index (χ0) is 18.3. The van der Waals surface area contributed by atoms with E-state index in [1.807, 2.05) is 0 Å². The van der Waals surface area contributed by atoms with E-state index in [4.69, 9.17) is 9.84 Å². The van der Waals surface area contributed by atoms with Crippen LogP contribution in [0.15, 0.2) is 24.3 Å². The Bertz CT molecular complexity index is 543. The van der Waals surface area contributed by atoms with Crippen LogP contribution < -0.4 is 10.6 Å². The van der Waals surface area contributed by atoms with Gasteiger partial charge in [0.25, 0.3) is 0 Å². The summed E-state index contributed by atoms with van der Waals surface area (Å²) in [6, 6.07) is 4.43. The number of carbonyl (C=O) groups excluding carboxylic acids is 1. The molecule has 1 aromatic carbocycles. The lowest BCUT2D eigenvalue weighted by Crippen LogP contribution is -2.41. The molecule has 0 spiro atoms. The molecule has 1 saturated heterocycles. The molecule has 2 amide bonds. The highest BCUT2D eigenvalue weighted by Gasteiger charge is 2.30. The molecule has 8 heteroatoms. The third-order valence-electron chi connectivity index (χ3n) is 4.21. The van der Waals surface area contributed by atoms with Crippen molar-refractivity contribution in [3.05, 3.63) is 35.4 Å². The summed E-state index contributed by atoms with van der Waals surface area (Å²) in [7, 11) is 0. The Morgan fingerprint density at radius 1 is 1.28 bits per heavy atom. The van der Waals surface area contributed by atoms with Crippen molar-refractivity contribution in [1.29, 1.82) is 0 Å². The van der Waals surface area contributed by atoms with Gasteiger partial charge in [-0.05, 0) is 37.0 Å². The summed E-state index contributed by atoms with van der Waals surface area (Å²) in [6.45, 7) is 1.24. The van der Waals surface area contributed by atoms with Crippen LogP contribution in [0.5, 0.6) is 0 Å². The lowest BCUT2D eigenvalue weighted by Gasteiger charge is -2.19. The molecule has 3 N–H and O–H groups in total. The van der Waals surface area contributed by atoms with Crippen LogP contribution in [0.25, 0.3) is 0 Å². The molecule has 140 valence electrons. The van der Waals surface area contributed by atoms with Gasteiger partial charge >= 0.3 is 12.2 Å². The molecule has 5 nitrogen and oxygen atoms in total. The third-order valence-corrected chi connectivity index (χ3v) is 4.21. The topological polar surface area (TPSA) is 70.6 Å². The first-order chi connectivity index (χ1) is 11.9. The molecular formula is C17H23F3N2O3. The van der Waals surface area contributed by atoms with Crippen LogP contribution in [-0.4, -0.2) is 43.5 Å². The normalized spacial score (nSPS) is 18.8. The van der Waals surface area contributed by atoms with Crippen molar-refractivity contribution >= 4 is 6.03 Å². The van der Waals surface area contributed by atoms with Crippen molar-refractivity contribution in [3.8, 4) is 0 Å². The fourth-order valence-corrected chi connectivity index (χ4v) is 2.78. The number of ether oxygens (including phenoxy) is 1. The number of aliphatic hydroxyl groups excluding tert-OH is 1. The average molecular weight is 360 g/mol. The Balaban J connectivity index is 1.85. The molecule has 0 saturated carbocycles. The van der Waals surface area contributed by atoms with Crippen molar-refractivity contribution in [1.82, 2.24) is 10.6 Å². The molecule has 0 bridgehead atoms. The summed E-state index contributed by atoms with van der Waals surface area (Å²) in [5, 5.41) is 14.6. The maximum Gasteiger partial charge on any atom is 0.416 e. The number of halogens is 3. The number of rotatable bonds is 7. The van der Waals surface area contributed by atoms with Gasteiger partial charge in [0.1, 0.15) is 0 Å². The Morgan fingerprint density at radius 2 is 2.00 bits per heavy atom. The van der Waals surface area contributed by atoms with Crippen LogP contribution in [0.2, 0.25) is 0 Å². The van der Waals surface area contributed by atoms with E-state index in [1.54, 1.807) is 0 Å². The highest BCUT2D eigenvalue weighted by Crippen LogP contribution is 2.30. The van der Waals surface area contributed by atoms with E-state index < -0.39 is 11.7 Å². The van der Waals surface area contributed by atoms with E-state index in [2.05, 4.69) is 10.6 Å². The molecule has 2 unspecified atom stereocenters. The number of alkyl halides is 3. The standard InChI is InChI=1S/C17H23F3N2O3/c18-17(19,20)14-5-3-12(4-6-14)13(7-8-23)10-21-16(24)22-11-15-2-1-9-25-15/h3-6,13,15,23H,1-2,7-11H2,(H2,21,22,24). The molecule has 2 rings (SSSR count). The number of hydrogen-bond acceptors (Lipinski definition) is 3. The third kappa shape index (κ3) is 6.21. The minimum absolute atomic E-state index is 0.0360. The molecule has 0 aromatic heterocycles. The fraction of sp³-hybridized carbons (Fsp3) is 0.588. The van der Waals surface area contributed by atoms with Gasteiger partial charge in [0.2, 0.25) is 0 Å². The molecule has 2 atom stereocenters. The summed E-state index contributed by atoms with van der Waals surface area (Å²) < 4.78 is 43.3. The molecule has 1 heterocycles. The highest BCUT2D eigenvalue weighted by molar-refractivity contribution is 5.73. The Hall–Kier alpha value is -1.80. The van der Waals surface area contributed by atoms with E-state index >= 15 is 0 Å². The highest BCUT2D eigenvalue weighted by atomic mass is 19.4. The van der Waals surface area contributed by atoms with E-state index in [0.717, 1.165) is 25.0 Å². The molecule has 1 aliphatic rings. The van der Waals surface area contributed by atoms with Crippen molar-refractivity contribution in [2.24, 2.45) is 0 Å². The van der Waals surface area contributed by atoms with Gasteiger partial charge in [-0.1, -0.05) is 12.1 Å². The first-order valence-corrected chi connectivity index (χ1v) is 8.31. The van der Waals surface area contributed by atoms with Gasteiger partial charge in [-0.25, -0.2) is 4.79 Å². The second-order valence-electron chi connectivity index (χ2n) is 6.05. The first-order valence-electron chi connectivity index (χ1n) is 8.31.